The molecule has 2 aromatic carbocycles. The minimum Gasteiger partial charge on any atom is -0.506 e. The number of rotatable bonds is 9. The standard InChI is InChI=1S/C23H30N4O3/c24-23(30)25-20-17-18(10-11-22(20)29)21(28)9-5-2-6-12-26-13-15-27(16-14-26)19-7-3-1-4-8-19/h1,3-4,7-8,10-11,17,29H,2,5-6,9,12-16H2,(H3,24,25,30). The number of aromatic hydroxyl groups is 1. The molecule has 0 bridgehead atoms. The van der Waals surface area contributed by atoms with E-state index in [0.29, 0.717) is 12.0 Å². The molecule has 160 valence electrons. The van der Waals surface area contributed by atoms with Gasteiger partial charge in [-0.1, -0.05) is 24.6 Å². The second-order valence-corrected chi connectivity index (χ2v) is 7.62. The number of benzene rings is 2. The number of hydrogen-bond donors (Lipinski definition) is 3. The number of primary amides is 1. The van der Waals surface area contributed by atoms with Crippen molar-refractivity contribution < 1.29 is 14.7 Å². The molecule has 30 heavy (non-hydrogen) atoms. The Hall–Kier alpha value is -3.06. The molecule has 1 aliphatic rings. The van der Waals surface area contributed by atoms with Crippen molar-refractivity contribution in [1.82, 2.24) is 4.90 Å². The second-order valence-electron chi connectivity index (χ2n) is 7.62. The van der Waals surface area contributed by atoms with Crippen LogP contribution in [0.25, 0.3) is 0 Å². The molecule has 7 heteroatoms. The normalized spacial score (nSPS) is 14.5. The molecule has 3 rings (SSSR count). The summed E-state index contributed by atoms with van der Waals surface area (Å²) in [5, 5.41) is 12.0. The molecule has 0 aliphatic carbocycles. The molecule has 1 aliphatic heterocycles. The van der Waals surface area contributed by atoms with Crippen LogP contribution in [0.3, 0.4) is 0 Å². The Balaban J connectivity index is 1.34. The molecule has 4 N–H and O–H groups in total. The summed E-state index contributed by atoms with van der Waals surface area (Å²) in [5.41, 5.74) is 6.99. The van der Waals surface area contributed by atoms with Gasteiger partial charge in [0.25, 0.3) is 0 Å². The maximum absolute atomic E-state index is 12.4. The number of anilines is 2. The van der Waals surface area contributed by atoms with Crippen LogP contribution < -0.4 is 16.0 Å². The van der Waals surface area contributed by atoms with Crippen LogP contribution in [0.4, 0.5) is 16.2 Å². The van der Waals surface area contributed by atoms with E-state index in [9.17, 15) is 14.7 Å². The third-order valence-corrected chi connectivity index (χ3v) is 5.45. The van der Waals surface area contributed by atoms with E-state index in [1.165, 1.54) is 17.8 Å². The van der Waals surface area contributed by atoms with Crippen LogP contribution in [0.5, 0.6) is 5.75 Å². The van der Waals surface area contributed by atoms with Crippen LogP contribution in [0.1, 0.15) is 36.0 Å². The van der Waals surface area contributed by atoms with Crippen molar-refractivity contribution in [1.29, 1.82) is 0 Å². The van der Waals surface area contributed by atoms with Gasteiger partial charge in [0, 0.05) is 43.9 Å². The number of nitrogens with zero attached hydrogens (tertiary/aromatic N) is 2. The largest absolute Gasteiger partial charge is 0.506 e. The van der Waals surface area contributed by atoms with Gasteiger partial charge in [-0.25, -0.2) is 4.79 Å². The molecular weight excluding hydrogens is 380 g/mol. The highest BCUT2D eigenvalue weighted by Gasteiger charge is 2.16. The maximum Gasteiger partial charge on any atom is 0.316 e. The van der Waals surface area contributed by atoms with Gasteiger partial charge in [0.1, 0.15) is 5.75 Å². The van der Waals surface area contributed by atoms with Gasteiger partial charge in [-0.2, -0.15) is 0 Å². The van der Waals surface area contributed by atoms with Crippen molar-refractivity contribution >= 4 is 23.2 Å². The molecule has 0 aromatic heterocycles. The van der Waals surface area contributed by atoms with Gasteiger partial charge < -0.3 is 21.1 Å². The Kier molecular flexibility index (Phi) is 7.68. The zero-order valence-corrected chi connectivity index (χ0v) is 17.2. The van der Waals surface area contributed by atoms with E-state index in [1.54, 1.807) is 6.07 Å². The molecule has 7 nitrogen and oxygen atoms in total. The van der Waals surface area contributed by atoms with Crippen LogP contribution >= 0.6 is 0 Å². The smallest absolute Gasteiger partial charge is 0.316 e. The van der Waals surface area contributed by atoms with Crippen molar-refractivity contribution in [3.8, 4) is 5.75 Å². The molecule has 0 spiro atoms. The van der Waals surface area contributed by atoms with Gasteiger partial charge in [0.15, 0.2) is 5.78 Å². The van der Waals surface area contributed by atoms with E-state index in [2.05, 4.69) is 39.4 Å². The monoisotopic (exact) mass is 410 g/mol. The number of unbranched alkanes of at least 4 members (excludes halogenated alkanes) is 2. The van der Waals surface area contributed by atoms with Gasteiger partial charge in [0.2, 0.25) is 0 Å². The number of amides is 2. The highest BCUT2D eigenvalue weighted by molar-refractivity contribution is 5.98. The first kappa shape index (κ1) is 21.6. The van der Waals surface area contributed by atoms with E-state index in [0.717, 1.165) is 52.0 Å². The number of nitrogens with one attached hydrogen (secondary N) is 1. The van der Waals surface area contributed by atoms with Crippen LogP contribution in [0.15, 0.2) is 48.5 Å². The number of hydrogen-bond acceptors (Lipinski definition) is 5. The summed E-state index contributed by atoms with van der Waals surface area (Å²) in [7, 11) is 0. The van der Waals surface area contributed by atoms with Crippen molar-refractivity contribution in [3.63, 3.8) is 0 Å². The summed E-state index contributed by atoms with van der Waals surface area (Å²) in [6.45, 7) is 5.28. The predicted octanol–water partition coefficient (Wildman–Crippen LogP) is 3.45. The zero-order chi connectivity index (χ0) is 21.3. The number of urea groups is 1. The highest BCUT2D eigenvalue weighted by atomic mass is 16.3. The lowest BCUT2D eigenvalue weighted by Crippen LogP contribution is -2.46. The molecule has 0 atom stereocenters. The summed E-state index contributed by atoms with van der Waals surface area (Å²) < 4.78 is 0. The van der Waals surface area contributed by atoms with E-state index < -0.39 is 6.03 Å². The molecule has 1 saturated heterocycles. The number of carbonyl (C=O) groups is 2. The quantitative estimate of drug-likeness (QED) is 0.334. The molecule has 1 fully saturated rings. The Labute approximate surface area is 177 Å². The van der Waals surface area contributed by atoms with Crippen molar-refractivity contribution in [2.24, 2.45) is 5.73 Å². The number of Topliss-reactive ketones (excluding diaryl/α,β-unsaturated/α-hetero) is 1. The molecule has 0 saturated carbocycles. The number of carbonyl (C=O) groups excluding carboxylic acids is 2. The molecule has 2 aromatic rings. The van der Waals surface area contributed by atoms with Gasteiger partial charge in [-0.15, -0.1) is 0 Å². The molecule has 2 amide bonds. The van der Waals surface area contributed by atoms with E-state index >= 15 is 0 Å². The summed E-state index contributed by atoms with van der Waals surface area (Å²) in [6, 6.07) is 14.2. The third-order valence-electron chi connectivity index (χ3n) is 5.45. The number of para-hydroxylation sites is 1. The average Bonchev–Trinajstić information content (AvgIpc) is 2.75. The summed E-state index contributed by atoms with van der Waals surface area (Å²) in [6.07, 6.45) is 3.34. The summed E-state index contributed by atoms with van der Waals surface area (Å²) in [5.74, 6) is -0.114. The summed E-state index contributed by atoms with van der Waals surface area (Å²) in [4.78, 5) is 28.3. The van der Waals surface area contributed by atoms with E-state index in [-0.39, 0.29) is 17.2 Å². The number of nitrogens with two attached hydrogens (primary N) is 1. The van der Waals surface area contributed by atoms with Crippen LogP contribution in [-0.4, -0.2) is 54.5 Å². The fraction of sp³-hybridized carbons (Fsp3) is 0.391. The Morgan fingerprint density at radius 2 is 1.70 bits per heavy atom. The van der Waals surface area contributed by atoms with E-state index in [4.69, 9.17) is 5.73 Å². The third kappa shape index (κ3) is 6.22. The number of ketones is 1. The lowest BCUT2D eigenvalue weighted by atomic mass is 10.0. The first-order valence-electron chi connectivity index (χ1n) is 10.5. The molecule has 1 heterocycles. The number of phenolic OH excluding ortho intramolecular Hbond substituents is 1. The Morgan fingerprint density at radius 3 is 2.40 bits per heavy atom. The highest BCUT2D eigenvalue weighted by Crippen LogP contribution is 2.25. The van der Waals surface area contributed by atoms with Crippen LogP contribution in [0.2, 0.25) is 0 Å². The SMILES string of the molecule is NC(=O)Nc1cc(C(=O)CCCCCN2CCN(c3ccccc3)CC2)ccc1O. The fourth-order valence-corrected chi connectivity index (χ4v) is 3.75. The number of piperazine rings is 1. The minimum absolute atomic E-state index is 0.000930. The predicted molar refractivity (Wildman–Crippen MR) is 119 cm³/mol. The zero-order valence-electron chi connectivity index (χ0n) is 17.2. The van der Waals surface area contributed by atoms with Gasteiger partial charge >= 0.3 is 6.03 Å². The Bertz CT molecular complexity index is 849. The molecular formula is C23H30N4O3. The van der Waals surface area contributed by atoms with Gasteiger partial charge in [0.05, 0.1) is 5.69 Å². The Morgan fingerprint density at radius 1 is 0.967 bits per heavy atom. The van der Waals surface area contributed by atoms with Crippen LogP contribution in [-0.2, 0) is 0 Å². The summed E-state index contributed by atoms with van der Waals surface area (Å²) >= 11 is 0. The minimum atomic E-state index is -0.778. The maximum atomic E-state index is 12.4. The fourth-order valence-electron chi connectivity index (χ4n) is 3.75. The first-order valence-corrected chi connectivity index (χ1v) is 10.5. The number of phenols is 1. The first-order chi connectivity index (χ1) is 14.5. The van der Waals surface area contributed by atoms with Gasteiger partial charge in [-0.05, 0) is 49.7 Å². The second kappa shape index (κ2) is 10.6. The van der Waals surface area contributed by atoms with Crippen molar-refractivity contribution in [2.45, 2.75) is 25.7 Å². The van der Waals surface area contributed by atoms with E-state index in [1.807, 2.05) is 6.07 Å². The lowest BCUT2D eigenvalue weighted by Gasteiger charge is -2.36. The lowest BCUT2D eigenvalue weighted by molar-refractivity contribution is 0.0978. The average molecular weight is 411 g/mol. The van der Waals surface area contributed by atoms with Gasteiger partial charge in [-0.3, -0.25) is 9.69 Å². The van der Waals surface area contributed by atoms with Crippen LogP contribution in [0, 0.1) is 0 Å². The molecule has 0 unspecified atom stereocenters. The van der Waals surface area contributed by atoms with Crippen molar-refractivity contribution in [2.75, 3.05) is 42.9 Å². The molecule has 0 radical (unpaired) electrons. The topological polar surface area (TPSA) is 98.9 Å². The van der Waals surface area contributed by atoms with Crippen molar-refractivity contribution in [3.05, 3.63) is 54.1 Å².